The number of hydrogen-bond donors (Lipinski definition) is 4. The molecule has 0 aliphatic rings. The number of pyridine rings is 1. The number of nitrogens with zero attached hydrogens (tertiary/aromatic N) is 3. The summed E-state index contributed by atoms with van der Waals surface area (Å²) in [5.74, 6) is -0.571. The summed E-state index contributed by atoms with van der Waals surface area (Å²) in [6, 6.07) is 19.7. The SMILES string of the molecule is CC(O)Nc1cccc(-c2cccc3nc(Nc4ccc(C(=O)O)cc4)nn23)c1. The molecule has 8 nitrogen and oxygen atoms in total. The number of aromatic carboxylic acids is 1. The monoisotopic (exact) mass is 389 g/mol. The van der Waals surface area contributed by atoms with Crippen molar-refractivity contribution in [1.82, 2.24) is 14.6 Å². The summed E-state index contributed by atoms with van der Waals surface area (Å²) in [5, 5.41) is 29.2. The van der Waals surface area contributed by atoms with Crippen LogP contribution in [-0.4, -0.2) is 37.0 Å². The second-order valence-corrected chi connectivity index (χ2v) is 6.53. The van der Waals surface area contributed by atoms with E-state index in [1.807, 2.05) is 42.5 Å². The molecule has 4 aromatic rings. The molecule has 0 aliphatic carbocycles. The molecule has 0 spiro atoms. The van der Waals surface area contributed by atoms with Crippen molar-refractivity contribution in [3.8, 4) is 11.3 Å². The molecular formula is C21H19N5O3. The van der Waals surface area contributed by atoms with Crippen LogP contribution >= 0.6 is 0 Å². The summed E-state index contributed by atoms with van der Waals surface area (Å²) in [6.45, 7) is 1.66. The van der Waals surface area contributed by atoms with Crippen molar-refractivity contribution in [3.63, 3.8) is 0 Å². The lowest BCUT2D eigenvalue weighted by Gasteiger charge is -2.11. The largest absolute Gasteiger partial charge is 0.478 e. The average molecular weight is 389 g/mol. The molecule has 0 fully saturated rings. The zero-order valence-electron chi connectivity index (χ0n) is 15.6. The van der Waals surface area contributed by atoms with Gasteiger partial charge in [-0.1, -0.05) is 18.2 Å². The highest BCUT2D eigenvalue weighted by atomic mass is 16.4. The molecule has 4 rings (SSSR count). The van der Waals surface area contributed by atoms with Crippen LogP contribution in [0.2, 0.25) is 0 Å². The topological polar surface area (TPSA) is 112 Å². The van der Waals surface area contributed by atoms with E-state index in [0.717, 1.165) is 16.9 Å². The van der Waals surface area contributed by atoms with Crippen LogP contribution in [0.4, 0.5) is 17.3 Å². The van der Waals surface area contributed by atoms with Gasteiger partial charge < -0.3 is 20.8 Å². The maximum Gasteiger partial charge on any atom is 0.335 e. The van der Waals surface area contributed by atoms with Gasteiger partial charge in [0.15, 0.2) is 5.65 Å². The Hall–Kier alpha value is -3.91. The number of aliphatic hydroxyl groups excluding tert-OH is 1. The first-order valence-corrected chi connectivity index (χ1v) is 9.01. The molecule has 1 atom stereocenters. The first-order valence-electron chi connectivity index (χ1n) is 9.01. The third-order valence-electron chi connectivity index (χ3n) is 4.28. The highest BCUT2D eigenvalue weighted by Gasteiger charge is 2.10. The number of carboxylic acids is 1. The van der Waals surface area contributed by atoms with Crippen LogP contribution in [0.1, 0.15) is 17.3 Å². The Kier molecular flexibility index (Phi) is 4.84. The Balaban J connectivity index is 1.66. The summed E-state index contributed by atoms with van der Waals surface area (Å²) in [7, 11) is 0. The first-order chi connectivity index (χ1) is 14.0. The molecule has 1 unspecified atom stereocenters. The predicted octanol–water partition coefficient (Wildman–Crippen LogP) is 3.59. The number of aromatic nitrogens is 3. The van der Waals surface area contributed by atoms with Gasteiger partial charge in [-0.25, -0.2) is 9.31 Å². The van der Waals surface area contributed by atoms with E-state index >= 15 is 0 Å². The lowest BCUT2D eigenvalue weighted by Crippen LogP contribution is -2.13. The molecule has 2 aromatic heterocycles. The molecule has 8 heteroatoms. The second kappa shape index (κ2) is 7.61. The molecule has 2 aromatic carbocycles. The fourth-order valence-electron chi connectivity index (χ4n) is 3.01. The number of fused-ring (bicyclic) bond motifs is 1. The van der Waals surface area contributed by atoms with E-state index in [0.29, 0.717) is 17.3 Å². The molecule has 29 heavy (non-hydrogen) atoms. The Bertz CT molecular complexity index is 1170. The van der Waals surface area contributed by atoms with Gasteiger partial charge in [0.1, 0.15) is 6.23 Å². The molecule has 146 valence electrons. The number of aliphatic hydroxyl groups is 1. The van der Waals surface area contributed by atoms with Gasteiger partial charge in [0, 0.05) is 16.9 Å². The van der Waals surface area contributed by atoms with Crippen molar-refractivity contribution in [1.29, 1.82) is 0 Å². The molecule has 4 N–H and O–H groups in total. The third kappa shape index (κ3) is 4.02. The van der Waals surface area contributed by atoms with Crippen molar-refractivity contribution in [2.75, 3.05) is 10.6 Å². The molecule has 0 bridgehead atoms. The van der Waals surface area contributed by atoms with Crippen LogP contribution in [0, 0.1) is 0 Å². The van der Waals surface area contributed by atoms with E-state index in [1.54, 1.807) is 23.6 Å². The number of rotatable bonds is 6. The van der Waals surface area contributed by atoms with Gasteiger partial charge in [-0.05, 0) is 55.5 Å². The standard InChI is InChI=1S/C21H19N5O3/c1-13(27)22-17-5-2-4-15(12-17)18-6-3-7-19-24-21(25-26(18)19)23-16-10-8-14(9-11-16)20(28)29/h2-13,22,27H,1H3,(H,23,25)(H,28,29). The normalized spacial score (nSPS) is 11.9. The average Bonchev–Trinajstić information content (AvgIpc) is 3.10. The number of benzene rings is 2. The van der Waals surface area contributed by atoms with Crippen molar-refractivity contribution >= 4 is 28.9 Å². The number of carbonyl (C=O) groups is 1. The summed E-state index contributed by atoms with van der Waals surface area (Å²) in [5.41, 5.74) is 4.14. The zero-order chi connectivity index (χ0) is 20.4. The predicted molar refractivity (Wildman–Crippen MR) is 110 cm³/mol. The lowest BCUT2D eigenvalue weighted by molar-refractivity contribution is 0.0697. The van der Waals surface area contributed by atoms with E-state index in [4.69, 9.17) is 5.11 Å². The lowest BCUT2D eigenvalue weighted by atomic mass is 10.1. The maximum atomic E-state index is 11.0. The second-order valence-electron chi connectivity index (χ2n) is 6.53. The van der Waals surface area contributed by atoms with Crippen molar-refractivity contribution in [2.45, 2.75) is 13.2 Å². The number of hydrogen-bond acceptors (Lipinski definition) is 6. The summed E-state index contributed by atoms with van der Waals surface area (Å²) >= 11 is 0. The van der Waals surface area contributed by atoms with Crippen LogP contribution in [-0.2, 0) is 0 Å². The zero-order valence-corrected chi connectivity index (χ0v) is 15.6. The quantitative estimate of drug-likeness (QED) is 0.373. The third-order valence-corrected chi connectivity index (χ3v) is 4.28. The summed E-state index contributed by atoms with van der Waals surface area (Å²) < 4.78 is 1.73. The van der Waals surface area contributed by atoms with Crippen LogP contribution in [0.15, 0.2) is 66.7 Å². The van der Waals surface area contributed by atoms with Crippen LogP contribution in [0.5, 0.6) is 0 Å². The number of carboxylic acid groups (broad SMARTS) is 1. The molecular weight excluding hydrogens is 370 g/mol. The van der Waals surface area contributed by atoms with E-state index in [1.165, 1.54) is 12.1 Å². The van der Waals surface area contributed by atoms with Gasteiger partial charge in [0.05, 0.1) is 11.3 Å². The minimum absolute atomic E-state index is 0.214. The molecule has 0 aliphatic heterocycles. The van der Waals surface area contributed by atoms with Crippen LogP contribution in [0.3, 0.4) is 0 Å². The highest BCUT2D eigenvalue weighted by Crippen LogP contribution is 2.24. The van der Waals surface area contributed by atoms with Gasteiger partial charge in [0.25, 0.3) is 0 Å². The number of anilines is 3. The summed E-state index contributed by atoms with van der Waals surface area (Å²) in [4.78, 5) is 15.5. The van der Waals surface area contributed by atoms with Gasteiger partial charge in [-0.2, -0.15) is 4.98 Å². The van der Waals surface area contributed by atoms with Crippen LogP contribution < -0.4 is 10.6 Å². The van der Waals surface area contributed by atoms with E-state index < -0.39 is 12.2 Å². The smallest absolute Gasteiger partial charge is 0.335 e. The van der Waals surface area contributed by atoms with Gasteiger partial charge in [0.2, 0.25) is 5.95 Å². The van der Waals surface area contributed by atoms with Crippen LogP contribution in [0.25, 0.3) is 16.9 Å². The Morgan fingerprint density at radius 3 is 2.52 bits per heavy atom. The molecule has 2 heterocycles. The summed E-state index contributed by atoms with van der Waals surface area (Å²) in [6.07, 6.45) is -0.657. The number of nitrogens with one attached hydrogen (secondary N) is 2. The Morgan fingerprint density at radius 1 is 1.03 bits per heavy atom. The Labute approximate surface area is 166 Å². The van der Waals surface area contributed by atoms with Crippen molar-refractivity contribution < 1.29 is 15.0 Å². The van der Waals surface area contributed by atoms with E-state index in [-0.39, 0.29) is 5.56 Å². The molecule has 0 saturated carbocycles. The fraction of sp³-hybridized carbons (Fsp3) is 0.0952. The minimum atomic E-state index is -0.973. The minimum Gasteiger partial charge on any atom is -0.478 e. The maximum absolute atomic E-state index is 11.0. The molecule has 0 saturated heterocycles. The fourth-order valence-corrected chi connectivity index (χ4v) is 3.01. The van der Waals surface area contributed by atoms with E-state index in [2.05, 4.69) is 20.7 Å². The van der Waals surface area contributed by atoms with Gasteiger partial charge in [-0.15, -0.1) is 5.10 Å². The van der Waals surface area contributed by atoms with Gasteiger partial charge >= 0.3 is 5.97 Å². The van der Waals surface area contributed by atoms with Gasteiger partial charge in [-0.3, -0.25) is 0 Å². The molecule has 0 radical (unpaired) electrons. The van der Waals surface area contributed by atoms with E-state index in [9.17, 15) is 9.90 Å². The Morgan fingerprint density at radius 2 is 1.79 bits per heavy atom. The first kappa shape index (κ1) is 18.5. The van der Waals surface area contributed by atoms with Crippen molar-refractivity contribution in [3.05, 3.63) is 72.3 Å². The molecule has 0 amide bonds. The highest BCUT2D eigenvalue weighted by molar-refractivity contribution is 5.88. The van der Waals surface area contributed by atoms with Crippen molar-refractivity contribution in [2.24, 2.45) is 0 Å².